The first-order valence-electron chi connectivity index (χ1n) is 5.78. The normalized spacial score (nSPS) is 23.4. The van der Waals surface area contributed by atoms with Crippen LogP contribution in [0.25, 0.3) is 0 Å². The van der Waals surface area contributed by atoms with Crippen molar-refractivity contribution >= 4 is 29.1 Å². The molecule has 0 aromatic heterocycles. The number of hydrogen-bond donors (Lipinski definition) is 1. The lowest BCUT2D eigenvalue weighted by molar-refractivity contribution is 0.305. The van der Waals surface area contributed by atoms with Gasteiger partial charge in [0.1, 0.15) is 5.82 Å². The van der Waals surface area contributed by atoms with Crippen LogP contribution in [0.5, 0.6) is 0 Å². The molecule has 1 nitrogen and oxygen atoms in total. The summed E-state index contributed by atoms with van der Waals surface area (Å²) in [7, 11) is 0. The zero-order valence-electron chi connectivity index (χ0n) is 10.1. The van der Waals surface area contributed by atoms with E-state index >= 15 is 0 Å². The van der Waals surface area contributed by atoms with Crippen LogP contribution in [0.1, 0.15) is 20.3 Å². The van der Waals surface area contributed by atoms with Gasteiger partial charge in [0.15, 0.2) is 0 Å². The molecular weight excluding hydrogens is 257 g/mol. The van der Waals surface area contributed by atoms with Crippen molar-refractivity contribution < 1.29 is 4.39 Å². The van der Waals surface area contributed by atoms with Gasteiger partial charge in [-0.15, -0.1) is 0 Å². The zero-order chi connectivity index (χ0) is 12.5. The van der Waals surface area contributed by atoms with Crippen LogP contribution in [0.2, 0.25) is 5.02 Å². The third-order valence-corrected chi connectivity index (χ3v) is 4.60. The molecule has 1 saturated heterocycles. The molecule has 1 N–H and O–H groups in total. The van der Waals surface area contributed by atoms with Crippen molar-refractivity contribution in [3.05, 3.63) is 29.0 Å². The predicted octanol–water partition coefficient (Wildman–Crippen LogP) is 4.42. The van der Waals surface area contributed by atoms with Gasteiger partial charge in [-0.3, -0.25) is 0 Å². The summed E-state index contributed by atoms with van der Waals surface area (Å²) in [4.78, 5) is 0. The Morgan fingerprint density at radius 1 is 1.41 bits per heavy atom. The second-order valence-corrected chi connectivity index (χ2v) is 6.75. The third-order valence-electron chi connectivity index (χ3n) is 3.32. The van der Waals surface area contributed by atoms with E-state index in [4.69, 9.17) is 11.6 Å². The van der Waals surface area contributed by atoms with Crippen LogP contribution < -0.4 is 5.32 Å². The van der Waals surface area contributed by atoms with Crippen molar-refractivity contribution in [2.75, 3.05) is 16.8 Å². The van der Waals surface area contributed by atoms with Crippen LogP contribution in [0, 0.1) is 11.2 Å². The molecule has 1 aliphatic rings. The molecule has 0 radical (unpaired) electrons. The zero-order valence-corrected chi connectivity index (χ0v) is 11.7. The number of benzene rings is 1. The fraction of sp³-hybridized carbons (Fsp3) is 0.538. The van der Waals surface area contributed by atoms with Gasteiger partial charge in [0.2, 0.25) is 0 Å². The largest absolute Gasteiger partial charge is 0.381 e. The molecule has 1 atom stereocenters. The highest BCUT2D eigenvalue weighted by Crippen LogP contribution is 2.36. The van der Waals surface area contributed by atoms with Crippen molar-refractivity contribution in [1.29, 1.82) is 0 Å². The molecule has 0 aliphatic carbocycles. The maximum Gasteiger partial charge on any atom is 0.126 e. The van der Waals surface area contributed by atoms with E-state index in [-0.39, 0.29) is 11.2 Å². The molecule has 0 amide bonds. The van der Waals surface area contributed by atoms with E-state index in [0.29, 0.717) is 11.1 Å². The second kappa shape index (κ2) is 5.07. The number of anilines is 1. The van der Waals surface area contributed by atoms with Crippen LogP contribution >= 0.6 is 23.4 Å². The average molecular weight is 274 g/mol. The molecule has 1 unspecified atom stereocenters. The van der Waals surface area contributed by atoms with Crippen LogP contribution in [0.15, 0.2) is 18.2 Å². The van der Waals surface area contributed by atoms with Gasteiger partial charge in [0.25, 0.3) is 0 Å². The van der Waals surface area contributed by atoms with Crippen molar-refractivity contribution in [2.45, 2.75) is 26.3 Å². The summed E-state index contributed by atoms with van der Waals surface area (Å²) >= 11 is 7.80. The molecule has 1 aliphatic heterocycles. The number of nitrogens with one attached hydrogen (secondary N) is 1. The smallest absolute Gasteiger partial charge is 0.126 e. The lowest BCUT2D eigenvalue weighted by atomic mass is 9.82. The van der Waals surface area contributed by atoms with Gasteiger partial charge in [-0.2, -0.15) is 11.8 Å². The molecule has 1 aromatic carbocycles. The molecule has 94 valence electrons. The van der Waals surface area contributed by atoms with E-state index in [1.165, 1.54) is 24.3 Å². The Bertz CT molecular complexity index is 388. The average Bonchev–Trinajstić information content (AvgIpc) is 2.19. The standard InChI is InChI=1S/C13H17ClFNS/c1-13(2)3-4-17-8-12(13)16-11-6-9(14)5-10(15)7-11/h5-7,12,16H,3-4,8H2,1-2H3. The van der Waals surface area contributed by atoms with Gasteiger partial charge in [-0.05, 0) is 35.8 Å². The fourth-order valence-electron chi connectivity index (χ4n) is 2.01. The molecule has 0 bridgehead atoms. The minimum Gasteiger partial charge on any atom is -0.381 e. The monoisotopic (exact) mass is 273 g/mol. The fourth-order valence-corrected chi connectivity index (χ4v) is 3.84. The van der Waals surface area contributed by atoms with E-state index in [9.17, 15) is 4.39 Å². The van der Waals surface area contributed by atoms with E-state index in [0.717, 1.165) is 11.4 Å². The van der Waals surface area contributed by atoms with Crippen molar-refractivity contribution in [2.24, 2.45) is 5.41 Å². The van der Waals surface area contributed by atoms with E-state index in [1.54, 1.807) is 6.07 Å². The molecule has 17 heavy (non-hydrogen) atoms. The Morgan fingerprint density at radius 2 is 2.18 bits per heavy atom. The highest BCUT2D eigenvalue weighted by atomic mass is 35.5. The Balaban J connectivity index is 2.14. The first kappa shape index (κ1) is 13.0. The van der Waals surface area contributed by atoms with E-state index in [1.807, 2.05) is 11.8 Å². The highest BCUT2D eigenvalue weighted by Gasteiger charge is 2.32. The Labute approximate surface area is 111 Å². The number of hydrogen-bond acceptors (Lipinski definition) is 2. The Morgan fingerprint density at radius 3 is 2.82 bits per heavy atom. The Hall–Kier alpha value is -0.410. The molecule has 0 spiro atoms. The first-order valence-corrected chi connectivity index (χ1v) is 7.31. The van der Waals surface area contributed by atoms with Crippen molar-refractivity contribution in [3.63, 3.8) is 0 Å². The second-order valence-electron chi connectivity index (χ2n) is 5.17. The summed E-state index contributed by atoms with van der Waals surface area (Å²) in [6, 6.07) is 4.97. The molecule has 0 saturated carbocycles. The number of rotatable bonds is 2. The maximum absolute atomic E-state index is 13.2. The minimum absolute atomic E-state index is 0.240. The summed E-state index contributed by atoms with van der Waals surface area (Å²) in [6.45, 7) is 4.51. The van der Waals surface area contributed by atoms with E-state index in [2.05, 4.69) is 19.2 Å². The summed E-state index contributed by atoms with van der Waals surface area (Å²) in [6.07, 6.45) is 1.18. The molecule has 1 aromatic rings. The predicted molar refractivity (Wildman–Crippen MR) is 74.5 cm³/mol. The van der Waals surface area contributed by atoms with Crippen molar-refractivity contribution in [3.8, 4) is 0 Å². The molecular formula is C13H17ClFNS. The Kier molecular flexibility index (Phi) is 3.88. The summed E-state index contributed by atoms with van der Waals surface area (Å²) in [5.74, 6) is 1.97. The quantitative estimate of drug-likeness (QED) is 0.856. The lowest BCUT2D eigenvalue weighted by Crippen LogP contribution is -2.41. The molecule has 2 rings (SSSR count). The number of halogens is 2. The number of thioether (sulfide) groups is 1. The maximum atomic E-state index is 13.2. The van der Waals surface area contributed by atoms with Gasteiger partial charge < -0.3 is 5.32 Å². The SMILES string of the molecule is CC1(C)CCSCC1Nc1cc(F)cc(Cl)c1. The van der Waals surface area contributed by atoms with E-state index < -0.39 is 0 Å². The molecule has 1 fully saturated rings. The summed E-state index contributed by atoms with van der Waals surface area (Å²) in [5.41, 5.74) is 1.01. The topological polar surface area (TPSA) is 12.0 Å². The van der Waals surface area contributed by atoms with Crippen LogP contribution in [-0.2, 0) is 0 Å². The van der Waals surface area contributed by atoms with Crippen LogP contribution in [-0.4, -0.2) is 17.5 Å². The van der Waals surface area contributed by atoms with Crippen LogP contribution in [0.4, 0.5) is 10.1 Å². The van der Waals surface area contributed by atoms with Gasteiger partial charge in [-0.1, -0.05) is 25.4 Å². The van der Waals surface area contributed by atoms with Crippen LogP contribution in [0.3, 0.4) is 0 Å². The van der Waals surface area contributed by atoms with Gasteiger partial charge in [0.05, 0.1) is 0 Å². The molecule has 4 heteroatoms. The first-order chi connectivity index (χ1) is 7.97. The molecule has 1 heterocycles. The minimum atomic E-state index is -0.290. The van der Waals surface area contributed by atoms with Crippen molar-refractivity contribution in [1.82, 2.24) is 0 Å². The van der Waals surface area contributed by atoms with Gasteiger partial charge in [-0.25, -0.2) is 4.39 Å². The lowest BCUT2D eigenvalue weighted by Gasteiger charge is -2.39. The third kappa shape index (κ3) is 3.29. The summed E-state index contributed by atoms with van der Waals surface area (Å²) < 4.78 is 13.2. The van der Waals surface area contributed by atoms with Gasteiger partial charge >= 0.3 is 0 Å². The summed E-state index contributed by atoms with van der Waals surface area (Å²) in [5, 5.41) is 3.85. The highest BCUT2D eigenvalue weighted by molar-refractivity contribution is 7.99. The van der Waals surface area contributed by atoms with Gasteiger partial charge in [0, 0.05) is 22.5 Å².